The van der Waals surface area contributed by atoms with Crippen molar-refractivity contribution >= 4 is 17.3 Å². The Balaban J connectivity index is 0.000000185. The Kier molecular flexibility index (Phi) is 14.9. The smallest absolute Gasteiger partial charge is 0.340 e. The number of aromatic nitrogens is 4. The molecule has 0 unspecified atom stereocenters. The van der Waals surface area contributed by atoms with Crippen molar-refractivity contribution in [2.75, 3.05) is 83.2 Å². The summed E-state index contributed by atoms with van der Waals surface area (Å²) in [7, 11) is 3.31. The molecule has 4 aromatic carbocycles. The van der Waals surface area contributed by atoms with Gasteiger partial charge in [0.05, 0.1) is 76.5 Å². The number of hydrogen-bond donors (Lipinski definition) is 1. The Hall–Kier alpha value is -6.41. The highest BCUT2D eigenvalue weighted by molar-refractivity contribution is 5.96. The SMILES string of the molecule is CCOC(=O)c1cc(Cc2cc(-c3ccccc3OC)ncn2)ccc1N1CCOCC1.COc1ccccc1-c1cc(Cc2ccc(N3CCOCC3)c(CO)c2)ncn1. The van der Waals surface area contributed by atoms with E-state index in [4.69, 9.17) is 23.7 Å². The lowest BCUT2D eigenvalue weighted by Gasteiger charge is -2.30. The summed E-state index contributed by atoms with van der Waals surface area (Å²) in [6.45, 7) is 8.10. The molecule has 2 saturated heterocycles. The minimum atomic E-state index is -0.312. The Morgan fingerprint density at radius 1 is 0.639 bits per heavy atom. The summed E-state index contributed by atoms with van der Waals surface area (Å²) in [4.78, 5) is 34.9. The van der Waals surface area contributed by atoms with Crippen molar-refractivity contribution in [2.24, 2.45) is 0 Å². The highest BCUT2D eigenvalue weighted by Crippen LogP contribution is 2.31. The molecule has 61 heavy (non-hydrogen) atoms. The second-order valence-electron chi connectivity index (χ2n) is 14.4. The number of carbonyl (C=O) groups is 1. The number of aliphatic hydroxyl groups excluding tert-OH is 1. The first-order valence-corrected chi connectivity index (χ1v) is 20.5. The van der Waals surface area contributed by atoms with Gasteiger partial charge in [-0.2, -0.15) is 0 Å². The van der Waals surface area contributed by atoms with Crippen LogP contribution < -0.4 is 19.3 Å². The van der Waals surface area contributed by atoms with Crippen molar-refractivity contribution < 1.29 is 33.6 Å². The molecule has 8 rings (SSSR count). The van der Waals surface area contributed by atoms with Gasteiger partial charge < -0.3 is 38.6 Å². The van der Waals surface area contributed by atoms with Crippen molar-refractivity contribution in [1.82, 2.24) is 19.9 Å². The predicted molar refractivity (Wildman–Crippen MR) is 234 cm³/mol. The van der Waals surface area contributed by atoms with Gasteiger partial charge in [-0.3, -0.25) is 0 Å². The molecule has 0 saturated carbocycles. The van der Waals surface area contributed by atoms with Crippen molar-refractivity contribution in [3.05, 3.63) is 143 Å². The lowest BCUT2D eigenvalue weighted by atomic mass is 10.0. The number of rotatable bonds is 13. The molecule has 2 aliphatic rings. The molecular weight excluding hydrogens is 773 g/mol. The van der Waals surface area contributed by atoms with Crippen LogP contribution in [-0.4, -0.2) is 104 Å². The maximum absolute atomic E-state index is 12.7. The van der Waals surface area contributed by atoms with Gasteiger partial charge in [0.25, 0.3) is 0 Å². The average Bonchev–Trinajstić information content (AvgIpc) is 3.32. The maximum Gasteiger partial charge on any atom is 0.340 e. The summed E-state index contributed by atoms with van der Waals surface area (Å²) in [6.07, 6.45) is 4.39. The lowest BCUT2D eigenvalue weighted by Crippen LogP contribution is -2.37. The highest BCUT2D eigenvalue weighted by atomic mass is 16.5. The van der Waals surface area contributed by atoms with Gasteiger partial charge in [-0.15, -0.1) is 0 Å². The van der Waals surface area contributed by atoms with E-state index in [2.05, 4.69) is 47.9 Å². The Labute approximate surface area is 356 Å². The predicted octanol–water partition coefficient (Wildman–Crippen LogP) is 6.83. The highest BCUT2D eigenvalue weighted by Gasteiger charge is 2.21. The summed E-state index contributed by atoms with van der Waals surface area (Å²) in [5.74, 6) is 1.24. The van der Waals surface area contributed by atoms with Crippen molar-refractivity contribution in [3.8, 4) is 34.0 Å². The van der Waals surface area contributed by atoms with Gasteiger partial charge >= 0.3 is 5.97 Å². The molecule has 0 bridgehead atoms. The summed E-state index contributed by atoms with van der Waals surface area (Å²) < 4.78 is 27.1. The summed E-state index contributed by atoms with van der Waals surface area (Å²) >= 11 is 0. The normalized spacial score (nSPS) is 13.8. The molecule has 2 fully saturated rings. The second-order valence-corrected chi connectivity index (χ2v) is 14.4. The third kappa shape index (κ3) is 10.9. The van der Waals surface area contributed by atoms with Gasteiger partial charge in [0.1, 0.15) is 24.2 Å². The first-order valence-electron chi connectivity index (χ1n) is 20.5. The van der Waals surface area contributed by atoms with Crippen LogP contribution in [-0.2, 0) is 33.7 Å². The molecule has 0 radical (unpaired) electrons. The van der Waals surface area contributed by atoms with Crippen LogP contribution in [0.4, 0.5) is 11.4 Å². The summed E-state index contributed by atoms with van der Waals surface area (Å²) in [6, 6.07) is 31.8. The number of carbonyl (C=O) groups excluding carboxylic acids is 1. The zero-order chi connectivity index (χ0) is 42.4. The topological polar surface area (TPSA) is 141 Å². The largest absolute Gasteiger partial charge is 0.496 e. The van der Waals surface area contributed by atoms with Crippen LogP contribution in [0.2, 0.25) is 0 Å². The number of anilines is 2. The fourth-order valence-electron chi connectivity index (χ4n) is 7.55. The van der Waals surface area contributed by atoms with Gasteiger partial charge in [-0.1, -0.05) is 42.5 Å². The van der Waals surface area contributed by atoms with E-state index < -0.39 is 0 Å². The van der Waals surface area contributed by atoms with Crippen LogP contribution >= 0.6 is 0 Å². The zero-order valence-corrected chi connectivity index (χ0v) is 35.0. The molecule has 13 heteroatoms. The van der Waals surface area contributed by atoms with E-state index in [1.54, 1.807) is 26.9 Å². The minimum Gasteiger partial charge on any atom is -0.496 e. The van der Waals surface area contributed by atoms with Crippen LogP contribution in [0.3, 0.4) is 0 Å². The van der Waals surface area contributed by atoms with Crippen molar-refractivity contribution in [3.63, 3.8) is 0 Å². The fourth-order valence-corrected chi connectivity index (χ4v) is 7.55. The standard InChI is InChI=1S/C25H27N3O4.C23H25N3O3/c1-3-32-25(29)21-15-18(8-9-23(21)28-10-12-31-13-11-28)14-19-16-22(27-17-26-19)20-6-4-5-7-24(20)30-2;1-28-23-5-3-2-4-20(23)21-14-19(24-16-25-21)13-17-6-7-22(18(12-17)15-27)26-8-10-29-11-9-26/h4-9,15-17H,3,10-14H2,1-2H3;2-7,12,14,16,27H,8-11,13,15H2,1H3. The van der Waals surface area contributed by atoms with Crippen LogP contribution in [0.5, 0.6) is 11.5 Å². The Morgan fingerprint density at radius 3 is 1.64 bits per heavy atom. The van der Waals surface area contributed by atoms with Crippen LogP contribution in [0, 0.1) is 0 Å². The maximum atomic E-state index is 12.7. The number of ether oxygens (including phenoxy) is 5. The molecule has 1 N–H and O–H groups in total. The molecule has 0 atom stereocenters. The Bertz CT molecular complexity index is 2380. The Morgan fingerprint density at radius 2 is 1.13 bits per heavy atom. The van der Waals surface area contributed by atoms with Gasteiger partial charge in [0, 0.05) is 72.8 Å². The third-order valence-corrected chi connectivity index (χ3v) is 10.6. The number of para-hydroxylation sites is 2. The van der Waals surface area contributed by atoms with Gasteiger partial charge in [0.2, 0.25) is 0 Å². The number of aliphatic hydroxyl groups is 1. The number of methoxy groups -OCH3 is 2. The molecule has 2 aliphatic heterocycles. The third-order valence-electron chi connectivity index (χ3n) is 10.6. The first kappa shape index (κ1) is 42.7. The zero-order valence-electron chi connectivity index (χ0n) is 35.0. The number of morpholine rings is 2. The number of esters is 1. The molecule has 4 heterocycles. The fraction of sp³-hybridized carbons (Fsp3) is 0.312. The lowest BCUT2D eigenvalue weighted by molar-refractivity contribution is 0.0526. The van der Waals surface area contributed by atoms with Gasteiger partial charge in [-0.25, -0.2) is 24.7 Å². The van der Waals surface area contributed by atoms with E-state index in [9.17, 15) is 9.90 Å². The van der Waals surface area contributed by atoms with Crippen LogP contribution in [0.25, 0.3) is 22.5 Å². The van der Waals surface area contributed by atoms with Crippen molar-refractivity contribution in [1.29, 1.82) is 0 Å². The van der Waals surface area contributed by atoms with Crippen LogP contribution in [0.15, 0.2) is 110 Å². The van der Waals surface area contributed by atoms with E-state index in [1.165, 1.54) is 0 Å². The molecule has 0 amide bonds. The summed E-state index contributed by atoms with van der Waals surface area (Å²) in [5.41, 5.74) is 10.8. The molecule has 0 aliphatic carbocycles. The first-order chi connectivity index (χ1) is 30.0. The van der Waals surface area contributed by atoms with E-state index >= 15 is 0 Å². The number of benzene rings is 4. The quantitative estimate of drug-likeness (QED) is 0.122. The molecule has 13 nitrogen and oxygen atoms in total. The monoisotopic (exact) mass is 824 g/mol. The van der Waals surface area contributed by atoms with E-state index in [0.717, 1.165) is 113 Å². The van der Waals surface area contributed by atoms with Gasteiger partial charge in [0.15, 0.2) is 0 Å². The van der Waals surface area contributed by atoms with E-state index in [1.807, 2.05) is 85.8 Å². The second kappa shape index (κ2) is 21.2. The van der Waals surface area contributed by atoms with Gasteiger partial charge in [-0.05, 0) is 72.6 Å². The van der Waals surface area contributed by atoms with E-state index in [0.29, 0.717) is 38.2 Å². The van der Waals surface area contributed by atoms with E-state index in [-0.39, 0.29) is 12.6 Å². The number of hydrogen-bond acceptors (Lipinski definition) is 13. The molecule has 0 spiro atoms. The average molecular weight is 825 g/mol. The molecular formula is C48H52N6O7. The minimum absolute atomic E-state index is 0.0107. The molecule has 6 aromatic rings. The van der Waals surface area contributed by atoms with Crippen molar-refractivity contribution in [2.45, 2.75) is 26.4 Å². The molecule has 2 aromatic heterocycles. The molecule has 316 valence electrons. The number of nitrogens with zero attached hydrogens (tertiary/aromatic N) is 6. The summed E-state index contributed by atoms with van der Waals surface area (Å²) in [5, 5.41) is 9.89. The van der Waals surface area contributed by atoms with Crippen LogP contribution in [0.1, 0.15) is 45.4 Å².